The molecule has 2 aromatic rings. The lowest BCUT2D eigenvalue weighted by Gasteiger charge is -2.34. The van der Waals surface area contributed by atoms with Crippen LogP contribution in [-0.4, -0.2) is 74.5 Å². The number of phosphoric acid groups is 1. The fourth-order valence-corrected chi connectivity index (χ4v) is 6.26. The molecule has 0 radical (unpaired) electrons. The minimum atomic E-state index is -4.70. The Morgan fingerprint density at radius 3 is 2.33 bits per heavy atom. The average molecular weight is 728 g/mol. The molecule has 0 saturated carbocycles. The highest BCUT2D eigenvalue weighted by molar-refractivity contribution is 7.46. The van der Waals surface area contributed by atoms with Crippen molar-refractivity contribution in [3.8, 4) is 5.75 Å². The Morgan fingerprint density at radius 2 is 1.78 bits per heavy atom. The number of hydrogen-bond donors (Lipinski definition) is 4. The number of aryl methyl sites for hydroxylation is 1. The van der Waals surface area contributed by atoms with Crippen LogP contribution in [0.5, 0.6) is 5.75 Å². The number of carboxylic acids is 1. The standard InChI is InChI=1S/C33H50N3O11PS/c1-9-20(4)12-30(38)36(8)27(19(2)3)16-29(47-23(7)37)32-35-26(17-49-32)31(39)34-25(14-22(6)33(40)41)15-24-10-11-28(21(5)13-24)45-18-46-48(42,43)44/h10-11,13,17,19-20,22,25,27,29H,9,12,14-16,18H2,1-8H3,(H,34,39)(H,40,41)(H2,42,43,44)/t20-,22?,25+,27+,29+/m0/s1. The number of esters is 1. The fourth-order valence-electron chi connectivity index (χ4n) is 5.23. The SMILES string of the molecule is CC[C@H](C)CC(=O)N(C)[C@H](C[C@@H](OC(C)=O)c1nc(C(=O)N[C@@H](Cc2ccc(OCOP(=O)(O)O)c(C)c2)CC(C)C(=O)O)cs1)C(C)C. The number of nitrogens with one attached hydrogen (secondary N) is 1. The maximum Gasteiger partial charge on any atom is 0.472 e. The van der Waals surface area contributed by atoms with Crippen LogP contribution in [0.2, 0.25) is 0 Å². The molecule has 16 heteroatoms. The fraction of sp³-hybridized carbons (Fsp3) is 0.606. The van der Waals surface area contributed by atoms with Crippen molar-refractivity contribution in [2.45, 2.75) is 98.8 Å². The van der Waals surface area contributed by atoms with Gasteiger partial charge in [0.05, 0.1) is 5.92 Å². The number of carbonyl (C=O) groups excluding carboxylic acids is 3. The summed E-state index contributed by atoms with van der Waals surface area (Å²) in [7, 11) is -2.94. The second-order valence-corrected chi connectivity index (χ2v) is 14.9. The summed E-state index contributed by atoms with van der Waals surface area (Å²) in [5.41, 5.74) is 1.47. The summed E-state index contributed by atoms with van der Waals surface area (Å²) in [6, 6.07) is 4.19. The van der Waals surface area contributed by atoms with Crippen LogP contribution in [0, 0.1) is 24.7 Å². The van der Waals surface area contributed by atoms with E-state index in [-0.39, 0.29) is 48.7 Å². The third-order valence-corrected chi connectivity index (χ3v) is 9.60. The van der Waals surface area contributed by atoms with Gasteiger partial charge >= 0.3 is 19.8 Å². The van der Waals surface area contributed by atoms with Crippen LogP contribution >= 0.6 is 19.2 Å². The molecular weight excluding hydrogens is 677 g/mol. The van der Waals surface area contributed by atoms with Crippen LogP contribution in [0.15, 0.2) is 23.6 Å². The summed E-state index contributed by atoms with van der Waals surface area (Å²) < 4.78 is 26.2. The van der Waals surface area contributed by atoms with Gasteiger partial charge in [-0.3, -0.25) is 19.2 Å². The van der Waals surface area contributed by atoms with Crippen molar-refractivity contribution in [2.24, 2.45) is 17.8 Å². The van der Waals surface area contributed by atoms with E-state index in [1.165, 1.54) is 6.92 Å². The zero-order chi connectivity index (χ0) is 37.1. The van der Waals surface area contributed by atoms with Gasteiger partial charge in [0.2, 0.25) is 5.91 Å². The lowest BCUT2D eigenvalue weighted by Crippen LogP contribution is -2.42. The molecule has 0 aliphatic heterocycles. The minimum absolute atomic E-state index is 0.00161. The predicted octanol–water partition coefficient (Wildman–Crippen LogP) is 5.26. The number of carbonyl (C=O) groups is 4. The van der Waals surface area contributed by atoms with Crippen LogP contribution in [0.3, 0.4) is 0 Å². The van der Waals surface area contributed by atoms with Gasteiger partial charge in [0, 0.05) is 44.3 Å². The molecule has 2 amide bonds. The molecule has 1 heterocycles. The van der Waals surface area contributed by atoms with E-state index in [4.69, 9.17) is 19.3 Å². The van der Waals surface area contributed by atoms with E-state index in [1.807, 2.05) is 27.7 Å². The van der Waals surface area contributed by atoms with Crippen molar-refractivity contribution in [1.82, 2.24) is 15.2 Å². The molecule has 1 aromatic carbocycles. The second kappa shape index (κ2) is 19.1. The molecule has 4 N–H and O–H groups in total. The van der Waals surface area contributed by atoms with Gasteiger partial charge in [-0.25, -0.2) is 14.1 Å². The number of hydrogen-bond acceptors (Lipinski definition) is 10. The number of ether oxygens (including phenoxy) is 2. The summed E-state index contributed by atoms with van der Waals surface area (Å²) in [5, 5.41) is 14.4. The molecule has 2 rings (SSSR count). The number of carboxylic acid groups (broad SMARTS) is 1. The smallest absolute Gasteiger partial charge is 0.472 e. The first-order valence-electron chi connectivity index (χ1n) is 16.2. The molecule has 0 aliphatic rings. The molecule has 0 bridgehead atoms. The Bertz CT molecular complexity index is 1480. The van der Waals surface area contributed by atoms with E-state index in [2.05, 4.69) is 14.8 Å². The van der Waals surface area contributed by atoms with E-state index in [0.717, 1.165) is 23.3 Å². The highest BCUT2D eigenvalue weighted by Gasteiger charge is 2.31. The Morgan fingerprint density at radius 1 is 1.10 bits per heavy atom. The van der Waals surface area contributed by atoms with Crippen molar-refractivity contribution >= 4 is 42.9 Å². The number of rotatable bonds is 20. The Kier molecular flexibility index (Phi) is 16.3. The molecule has 0 spiro atoms. The summed E-state index contributed by atoms with van der Waals surface area (Å²) in [6.07, 6.45) is 1.16. The van der Waals surface area contributed by atoms with Crippen molar-refractivity contribution in [3.63, 3.8) is 0 Å². The number of amides is 2. The van der Waals surface area contributed by atoms with Crippen LogP contribution in [-0.2, 0) is 34.6 Å². The van der Waals surface area contributed by atoms with Crippen molar-refractivity contribution in [2.75, 3.05) is 13.8 Å². The first-order chi connectivity index (χ1) is 22.8. The van der Waals surface area contributed by atoms with E-state index in [0.29, 0.717) is 22.7 Å². The number of aromatic nitrogens is 1. The normalized spacial score (nSPS) is 14.8. The van der Waals surface area contributed by atoms with Crippen molar-refractivity contribution in [1.29, 1.82) is 0 Å². The highest BCUT2D eigenvalue weighted by Crippen LogP contribution is 2.36. The van der Waals surface area contributed by atoms with Crippen LogP contribution < -0.4 is 10.1 Å². The average Bonchev–Trinajstić information content (AvgIpc) is 3.49. The van der Waals surface area contributed by atoms with Crippen molar-refractivity contribution in [3.05, 3.63) is 45.4 Å². The quantitative estimate of drug-likeness (QED) is 0.0784. The minimum Gasteiger partial charge on any atom is -0.481 e. The summed E-state index contributed by atoms with van der Waals surface area (Å²) in [5.74, 6) is -2.23. The van der Waals surface area contributed by atoms with E-state index < -0.39 is 50.5 Å². The third kappa shape index (κ3) is 14.2. The van der Waals surface area contributed by atoms with Gasteiger partial charge in [-0.1, -0.05) is 53.2 Å². The molecule has 274 valence electrons. The number of benzene rings is 1. The van der Waals surface area contributed by atoms with E-state index >= 15 is 0 Å². The van der Waals surface area contributed by atoms with Gasteiger partial charge in [0.25, 0.3) is 5.91 Å². The molecule has 1 unspecified atom stereocenters. The number of aliphatic carboxylic acids is 1. The lowest BCUT2D eigenvalue weighted by molar-refractivity contribution is -0.148. The predicted molar refractivity (Wildman–Crippen MR) is 183 cm³/mol. The van der Waals surface area contributed by atoms with E-state index in [9.17, 15) is 28.8 Å². The van der Waals surface area contributed by atoms with Crippen LogP contribution in [0.25, 0.3) is 0 Å². The maximum atomic E-state index is 13.5. The third-order valence-electron chi connectivity index (χ3n) is 8.23. The molecule has 49 heavy (non-hydrogen) atoms. The Labute approximate surface area is 291 Å². The molecule has 5 atom stereocenters. The second-order valence-electron chi connectivity index (χ2n) is 12.8. The van der Waals surface area contributed by atoms with Gasteiger partial charge in [-0.2, -0.15) is 0 Å². The largest absolute Gasteiger partial charge is 0.481 e. The zero-order valence-corrected chi connectivity index (χ0v) is 31.1. The first-order valence-corrected chi connectivity index (χ1v) is 18.6. The topological polar surface area (TPSA) is 202 Å². The summed E-state index contributed by atoms with van der Waals surface area (Å²) in [4.78, 5) is 74.2. The molecule has 0 saturated heterocycles. The summed E-state index contributed by atoms with van der Waals surface area (Å²) in [6.45, 7) is 12.0. The van der Waals surface area contributed by atoms with Gasteiger partial charge in [-0.15, -0.1) is 11.3 Å². The number of nitrogens with zero attached hydrogens (tertiary/aromatic N) is 2. The lowest BCUT2D eigenvalue weighted by atomic mass is 9.95. The Hall–Kier alpha value is -3.36. The number of phosphoric ester groups is 1. The Balaban J connectivity index is 2.26. The molecule has 0 aliphatic carbocycles. The molecule has 1 aromatic heterocycles. The number of thiazole rings is 1. The van der Waals surface area contributed by atoms with Crippen molar-refractivity contribution < 1.29 is 52.6 Å². The van der Waals surface area contributed by atoms with Gasteiger partial charge in [0.1, 0.15) is 16.5 Å². The maximum absolute atomic E-state index is 13.5. The van der Waals surface area contributed by atoms with Gasteiger partial charge in [0.15, 0.2) is 12.9 Å². The van der Waals surface area contributed by atoms with E-state index in [1.54, 1.807) is 49.4 Å². The van der Waals surface area contributed by atoms with Gasteiger partial charge in [-0.05, 0) is 48.8 Å². The van der Waals surface area contributed by atoms with Crippen LogP contribution in [0.4, 0.5) is 0 Å². The molecule has 0 fully saturated rings. The van der Waals surface area contributed by atoms with Crippen LogP contribution in [0.1, 0.15) is 100.0 Å². The first kappa shape index (κ1) is 41.8. The molecule has 14 nitrogen and oxygen atoms in total. The zero-order valence-electron chi connectivity index (χ0n) is 29.4. The highest BCUT2D eigenvalue weighted by atomic mass is 32.1. The summed E-state index contributed by atoms with van der Waals surface area (Å²) >= 11 is 1.16. The molecular formula is C33H50N3O11PS. The monoisotopic (exact) mass is 727 g/mol. The van der Waals surface area contributed by atoms with Gasteiger partial charge < -0.3 is 34.6 Å².